The molecular formula is C12H18BrNO3S3. The molecule has 1 saturated carbocycles. The number of sulfonamides is 1. The summed E-state index contributed by atoms with van der Waals surface area (Å²) in [6.07, 6.45) is 6.50. The van der Waals surface area contributed by atoms with Gasteiger partial charge in [0.25, 0.3) is 0 Å². The van der Waals surface area contributed by atoms with E-state index >= 15 is 0 Å². The molecule has 0 spiro atoms. The number of aliphatic hydroxyl groups is 1. The molecule has 0 radical (unpaired) electrons. The number of thiophene rings is 1. The van der Waals surface area contributed by atoms with Crippen molar-refractivity contribution < 1.29 is 13.5 Å². The molecule has 1 fully saturated rings. The van der Waals surface area contributed by atoms with E-state index in [9.17, 15) is 8.42 Å². The van der Waals surface area contributed by atoms with Crippen molar-refractivity contribution in [3.8, 4) is 0 Å². The van der Waals surface area contributed by atoms with E-state index < -0.39 is 10.0 Å². The van der Waals surface area contributed by atoms with Gasteiger partial charge in [-0.3, -0.25) is 0 Å². The van der Waals surface area contributed by atoms with Crippen LogP contribution < -0.4 is 4.72 Å². The molecule has 2 rings (SSSR count). The highest BCUT2D eigenvalue weighted by Gasteiger charge is 2.34. The largest absolute Gasteiger partial charge is 0.391 e. The lowest BCUT2D eigenvalue weighted by Gasteiger charge is -2.26. The molecule has 1 aromatic heterocycles. The predicted molar refractivity (Wildman–Crippen MR) is 87.8 cm³/mol. The van der Waals surface area contributed by atoms with E-state index in [1.807, 2.05) is 6.26 Å². The second-order valence-electron chi connectivity index (χ2n) is 4.93. The molecule has 0 unspecified atom stereocenters. The Balaban J connectivity index is 2.12. The highest BCUT2D eigenvalue weighted by molar-refractivity contribution is 9.11. The maximum Gasteiger partial charge on any atom is 0.242 e. The minimum atomic E-state index is -3.53. The Kier molecular flexibility index (Phi) is 5.58. The number of halogens is 1. The number of thioether (sulfide) groups is 1. The molecule has 0 amide bonds. The first-order valence-corrected chi connectivity index (χ1v) is 10.7. The van der Waals surface area contributed by atoms with Gasteiger partial charge in [0.05, 0.1) is 10.4 Å². The second kappa shape index (κ2) is 6.66. The molecule has 1 aromatic rings. The van der Waals surface area contributed by atoms with Crippen LogP contribution in [0.5, 0.6) is 0 Å². The number of hydrogen-bond donors (Lipinski definition) is 2. The highest BCUT2D eigenvalue weighted by Crippen LogP contribution is 2.40. The third-order valence-corrected chi connectivity index (χ3v) is 8.74. The summed E-state index contributed by atoms with van der Waals surface area (Å²) >= 11 is 6.26. The van der Waals surface area contributed by atoms with E-state index in [4.69, 9.17) is 5.11 Å². The van der Waals surface area contributed by atoms with Crippen molar-refractivity contribution in [3.63, 3.8) is 0 Å². The molecule has 0 aliphatic heterocycles. The molecule has 20 heavy (non-hydrogen) atoms. The molecule has 8 heteroatoms. The molecule has 2 N–H and O–H groups in total. The zero-order valence-electron chi connectivity index (χ0n) is 11.2. The van der Waals surface area contributed by atoms with Crippen molar-refractivity contribution in [2.45, 2.75) is 41.9 Å². The number of hydrogen-bond acceptors (Lipinski definition) is 5. The summed E-state index contributed by atoms with van der Waals surface area (Å²) in [6, 6.07) is 1.53. The van der Waals surface area contributed by atoms with Gasteiger partial charge in [-0.15, -0.1) is 11.3 Å². The van der Waals surface area contributed by atoms with Gasteiger partial charge in [-0.25, -0.2) is 13.1 Å². The van der Waals surface area contributed by atoms with Crippen LogP contribution in [0.25, 0.3) is 0 Å². The van der Waals surface area contributed by atoms with Gasteiger partial charge in [-0.05, 0) is 41.1 Å². The van der Waals surface area contributed by atoms with Gasteiger partial charge in [-0.2, -0.15) is 11.8 Å². The smallest absolute Gasteiger partial charge is 0.242 e. The lowest BCUT2D eigenvalue weighted by Crippen LogP contribution is -2.38. The van der Waals surface area contributed by atoms with Crippen molar-refractivity contribution in [1.82, 2.24) is 4.72 Å². The van der Waals surface area contributed by atoms with E-state index in [0.29, 0.717) is 15.2 Å². The van der Waals surface area contributed by atoms with Crippen LogP contribution in [-0.4, -0.2) is 31.1 Å². The number of nitrogens with one attached hydrogen (secondary N) is 1. The lowest BCUT2D eigenvalue weighted by atomic mass is 10.1. The summed E-state index contributed by atoms with van der Waals surface area (Å²) in [5.41, 5.74) is 0. The van der Waals surface area contributed by atoms with E-state index in [2.05, 4.69) is 20.7 Å². The fraction of sp³-hybridized carbons (Fsp3) is 0.667. The van der Waals surface area contributed by atoms with E-state index in [1.165, 1.54) is 30.2 Å². The van der Waals surface area contributed by atoms with Gasteiger partial charge >= 0.3 is 0 Å². The Morgan fingerprint density at radius 2 is 2.15 bits per heavy atom. The van der Waals surface area contributed by atoms with Crippen LogP contribution in [0.3, 0.4) is 0 Å². The van der Waals surface area contributed by atoms with Crippen LogP contribution in [0.1, 0.15) is 30.6 Å². The van der Waals surface area contributed by atoms with Crippen molar-refractivity contribution >= 4 is 49.1 Å². The van der Waals surface area contributed by atoms with Gasteiger partial charge in [0.1, 0.15) is 4.90 Å². The van der Waals surface area contributed by atoms with Gasteiger partial charge < -0.3 is 5.11 Å². The van der Waals surface area contributed by atoms with E-state index in [0.717, 1.165) is 12.8 Å². The van der Waals surface area contributed by atoms with Gasteiger partial charge in [0.15, 0.2) is 0 Å². The molecule has 0 aromatic carbocycles. The first-order chi connectivity index (χ1) is 9.42. The average Bonchev–Trinajstić information content (AvgIpc) is 3.04. The monoisotopic (exact) mass is 399 g/mol. The summed E-state index contributed by atoms with van der Waals surface area (Å²) in [5, 5.41) is 9.09. The zero-order chi connectivity index (χ0) is 14.8. The Labute approximate surface area is 136 Å². The molecule has 114 valence electrons. The molecule has 1 aliphatic rings. The molecule has 0 saturated heterocycles. The maximum atomic E-state index is 12.4. The fourth-order valence-corrected chi connectivity index (χ4v) is 7.11. The van der Waals surface area contributed by atoms with Crippen LogP contribution in [0, 0.1) is 0 Å². The quantitative estimate of drug-likeness (QED) is 0.771. The van der Waals surface area contributed by atoms with E-state index in [1.54, 1.807) is 11.8 Å². The van der Waals surface area contributed by atoms with Gasteiger partial charge in [0.2, 0.25) is 10.0 Å². The Morgan fingerprint density at radius 1 is 1.50 bits per heavy atom. The fourth-order valence-electron chi connectivity index (χ4n) is 2.44. The van der Waals surface area contributed by atoms with Crippen LogP contribution in [0.15, 0.2) is 14.7 Å². The predicted octanol–water partition coefficient (Wildman–Crippen LogP) is 2.96. The van der Waals surface area contributed by atoms with Crippen LogP contribution in [0.4, 0.5) is 0 Å². The first-order valence-electron chi connectivity index (χ1n) is 6.36. The van der Waals surface area contributed by atoms with Crippen LogP contribution in [0.2, 0.25) is 0 Å². The van der Waals surface area contributed by atoms with Crippen molar-refractivity contribution in [3.05, 3.63) is 14.7 Å². The minimum absolute atomic E-state index is 0.0371. The van der Waals surface area contributed by atoms with Crippen molar-refractivity contribution in [2.75, 3.05) is 12.8 Å². The van der Waals surface area contributed by atoms with Gasteiger partial charge in [0, 0.05) is 16.2 Å². The Bertz CT molecular complexity index is 565. The molecule has 0 atom stereocenters. The number of aliphatic hydroxyl groups excluding tert-OH is 1. The SMILES string of the molecule is CSC1(CNS(=O)(=O)c2cc(CO)sc2Br)CCCC1. The number of rotatable bonds is 6. The second-order valence-corrected chi connectivity index (χ2v) is 10.4. The molecule has 0 bridgehead atoms. The van der Waals surface area contributed by atoms with Crippen LogP contribution >= 0.6 is 39.0 Å². The summed E-state index contributed by atoms with van der Waals surface area (Å²) in [5.74, 6) is 0. The standard InChI is InChI=1S/C12H18BrNO3S3/c1-18-12(4-2-3-5-12)8-14-20(16,17)10-6-9(7-15)19-11(10)13/h6,14-15H,2-5,7-8H2,1H3. The lowest BCUT2D eigenvalue weighted by molar-refractivity contribution is 0.285. The first kappa shape index (κ1) is 16.8. The summed E-state index contributed by atoms with van der Waals surface area (Å²) < 4.78 is 28.1. The maximum absolute atomic E-state index is 12.4. The average molecular weight is 400 g/mol. The summed E-state index contributed by atoms with van der Waals surface area (Å²) in [4.78, 5) is 0.860. The van der Waals surface area contributed by atoms with Crippen LogP contribution in [-0.2, 0) is 16.6 Å². The third kappa shape index (κ3) is 3.59. The van der Waals surface area contributed by atoms with Crippen molar-refractivity contribution in [1.29, 1.82) is 0 Å². The molecule has 1 heterocycles. The Hall–Kier alpha value is 0.400. The highest BCUT2D eigenvalue weighted by atomic mass is 79.9. The summed E-state index contributed by atoms with van der Waals surface area (Å²) in [6.45, 7) is 0.320. The van der Waals surface area contributed by atoms with E-state index in [-0.39, 0.29) is 16.2 Å². The minimum Gasteiger partial charge on any atom is -0.391 e. The van der Waals surface area contributed by atoms with Crippen molar-refractivity contribution in [2.24, 2.45) is 0 Å². The summed E-state index contributed by atoms with van der Waals surface area (Å²) in [7, 11) is -3.53. The van der Waals surface area contributed by atoms with Gasteiger partial charge in [-0.1, -0.05) is 12.8 Å². The molecule has 4 nitrogen and oxygen atoms in total. The third-order valence-electron chi connectivity index (χ3n) is 3.68. The molecular weight excluding hydrogens is 382 g/mol. The molecule has 1 aliphatic carbocycles. The Morgan fingerprint density at radius 3 is 2.65 bits per heavy atom. The topological polar surface area (TPSA) is 66.4 Å². The normalized spacial score (nSPS) is 18.6. The zero-order valence-corrected chi connectivity index (χ0v) is 15.2.